The van der Waals surface area contributed by atoms with Gasteiger partial charge < -0.3 is 14.9 Å². The number of hydrogen-bond acceptors (Lipinski definition) is 3. The summed E-state index contributed by atoms with van der Waals surface area (Å²) in [6.07, 6.45) is 18.0. The second kappa shape index (κ2) is 23.8. The number of benzene rings is 1. The number of hydrogen-bond donors (Lipinski definition) is 2. The zero-order valence-corrected chi connectivity index (χ0v) is 21.8. The lowest BCUT2D eigenvalue weighted by Crippen LogP contribution is -2.12. The van der Waals surface area contributed by atoms with Crippen LogP contribution in [0.5, 0.6) is 0 Å². The van der Waals surface area contributed by atoms with E-state index in [-0.39, 0.29) is 6.42 Å². The van der Waals surface area contributed by atoms with Crippen molar-refractivity contribution < 1.29 is 19.7 Å². The predicted octanol–water partition coefficient (Wildman–Crippen LogP) is 8.31. The molecule has 1 rings (SSSR count). The molecule has 0 aliphatic heterocycles. The SMILES string of the molecule is CCCCC(C)OCc1ccccc1.CCCCCCCCCCCCCC(O)CC(=O)O. The summed E-state index contributed by atoms with van der Waals surface area (Å²) in [4.78, 5) is 10.4. The summed E-state index contributed by atoms with van der Waals surface area (Å²) in [6, 6.07) is 10.3. The first-order valence-electron chi connectivity index (χ1n) is 13.5. The Kier molecular flexibility index (Phi) is 22.8. The van der Waals surface area contributed by atoms with Crippen LogP contribution in [0.4, 0.5) is 0 Å². The van der Waals surface area contributed by atoms with Crippen molar-refractivity contribution in [2.24, 2.45) is 0 Å². The van der Waals surface area contributed by atoms with Gasteiger partial charge in [0, 0.05) is 0 Å². The zero-order chi connectivity index (χ0) is 24.6. The highest BCUT2D eigenvalue weighted by molar-refractivity contribution is 5.67. The van der Waals surface area contributed by atoms with Crippen molar-refractivity contribution in [1.82, 2.24) is 0 Å². The van der Waals surface area contributed by atoms with Crippen molar-refractivity contribution in [2.45, 2.75) is 142 Å². The first kappa shape index (κ1) is 31.6. The average Bonchev–Trinajstić information content (AvgIpc) is 2.80. The fourth-order valence-corrected chi connectivity index (χ4v) is 3.74. The van der Waals surface area contributed by atoms with Crippen molar-refractivity contribution in [3.63, 3.8) is 0 Å². The van der Waals surface area contributed by atoms with Crippen LogP contribution in [-0.2, 0) is 16.1 Å². The molecular formula is C29H52O4. The first-order valence-corrected chi connectivity index (χ1v) is 13.5. The summed E-state index contributed by atoms with van der Waals surface area (Å²) >= 11 is 0. The zero-order valence-electron chi connectivity index (χ0n) is 21.8. The highest BCUT2D eigenvalue weighted by atomic mass is 16.5. The Morgan fingerprint density at radius 2 is 1.30 bits per heavy atom. The average molecular weight is 465 g/mol. The number of aliphatic hydroxyl groups excluding tert-OH is 1. The molecule has 1 aromatic rings. The number of carboxylic acids is 1. The molecular weight excluding hydrogens is 412 g/mol. The third-order valence-corrected chi connectivity index (χ3v) is 5.89. The van der Waals surface area contributed by atoms with Gasteiger partial charge in [0.2, 0.25) is 0 Å². The van der Waals surface area contributed by atoms with Crippen molar-refractivity contribution in [2.75, 3.05) is 0 Å². The van der Waals surface area contributed by atoms with Crippen LogP contribution in [0.2, 0.25) is 0 Å². The van der Waals surface area contributed by atoms with Crippen molar-refractivity contribution >= 4 is 5.97 Å². The monoisotopic (exact) mass is 464 g/mol. The van der Waals surface area contributed by atoms with Crippen molar-refractivity contribution in [3.8, 4) is 0 Å². The molecule has 1 aromatic carbocycles. The van der Waals surface area contributed by atoms with Gasteiger partial charge in [0.1, 0.15) is 0 Å². The Bertz CT molecular complexity index is 532. The van der Waals surface area contributed by atoms with Gasteiger partial charge in [-0.15, -0.1) is 0 Å². The Hall–Kier alpha value is -1.39. The van der Waals surface area contributed by atoms with Crippen LogP contribution in [0, 0.1) is 0 Å². The molecule has 0 spiro atoms. The fourth-order valence-electron chi connectivity index (χ4n) is 3.74. The molecule has 0 aromatic heterocycles. The molecule has 4 heteroatoms. The minimum atomic E-state index is -0.907. The number of aliphatic carboxylic acids is 1. The molecule has 0 saturated carbocycles. The minimum absolute atomic E-state index is 0.113. The van der Waals surface area contributed by atoms with E-state index in [0.717, 1.165) is 19.4 Å². The van der Waals surface area contributed by atoms with Gasteiger partial charge in [-0.1, -0.05) is 128 Å². The third-order valence-electron chi connectivity index (χ3n) is 5.89. The van der Waals surface area contributed by atoms with Crippen LogP contribution in [0.15, 0.2) is 30.3 Å². The first-order chi connectivity index (χ1) is 16.0. The molecule has 192 valence electrons. The van der Waals surface area contributed by atoms with Gasteiger partial charge in [-0.3, -0.25) is 4.79 Å². The van der Waals surface area contributed by atoms with E-state index < -0.39 is 12.1 Å². The summed E-state index contributed by atoms with van der Waals surface area (Å²) in [5, 5.41) is 17.9. The highest BCUT2D eigenvalue weighted by Gasteiger charge is 2.08. The van der Waals surface area contributed by atoms with Gasteiger partial charge in [-0.2, -0.15) is 0 Å². The second-order valence-electron chi connectivity index (χ2n) is 9.33. The summed E-state index contributed by atoms with van der Waals surface area (Å²) in [6.45, 7) is 7.35. The summed E-state index contributed by atoms with van der Waals surface area (Å²) in [7, 11) is 0. The molecule has 0 radical (unpaired) electrons. The molecule has 0 amide bonds. The lowest BCUT2D eigenvalue weighted by atomic mass is 10.0. The predicted molar refractivity (Wildman–Crippen MR) is 140 cm³/mol. The number of unbranched alkanes of at least 4 members (excludes halogenated alkanes) is 11. The van der Waals surface area contributed by atoms with E-state index in [9.17, 15) is 9.90 Å². The van der Waals surface area contributed by atoms with Gasteiger partial charge in [-0.05, 0) is 25.3 Å². The van der Waals surface area contributed by atoms with E-state index in [4.69, 9.17) is 9.84 Å². The highest BCUT2D eigenvalue weighted by Crippen LogP contribution is 2.13. The van der Waals surface area contributed by atoms with Gasteiger partial charge in [0.15, 0.2) is 0 Å². The van der Waals surface area contributed by atoms with E-state index in [1.54, 1.807) is 0 Å². The third kappa shape index (κ3) is 23.6. The largest absolute Gasteiger partial charge is 0.481 e. The quantitative estimate of drug-likeness (QED) is 0.190. The van der Waals surface area contributed by atoms with Gasteiger partial charge in [0.05, 0.1) is 25.2 Å². The van der Waals surface area contributed by atoms with E-state index in [2.05, 4.69) is 45.0 Å². The van der Waals surface area contributed by atoms with Gasteiger partial charge >= 0.3 is 5.97 Å². The van der Waals surface area contributed by atoms with Crippen LogP contribution in [0.3, 0.4) is 0 Å². The molecule has 33 heavy (non-hydrogen) atoms. The Balaban J connectivity index is 0.000000647. The molecule has 2 unspecified atom stereocenters. The normalized spacial score (nSPS) is 12.6. The molecule has 0 fully saturated rings. The number of ether oxygens (including phenoxy) is 1. The van der Waals surface area contributed by atoms with Crippen molar-refractivity contribution in [1.29, 1.82) is 0 Å². The summed E-state index contributed by atoms with van der Waals surface area (Å²) in [5.41, 5.74) is 1.26. The van der Waals surface area contributed by atoms with Crippen LogP contribution in [0.25, 0.3) is 0 Å². The number of carbonyl (C=O) groups is 1. The number of rotatable bonds is 20. The maximum absolute atomic E-state index is 10.4. The Morgan fingerprint density at radius 3 is 1.82 bits per heavy atom. The molecule has 0 aliphatic rings. The second-order valence-corrected chi connectivity index (χ2v) is 9.33. The van der Waals surface area contributed by atoms with Crippen LogP contribution in [0.1, 0.15) is 129 Å². The minimum Gasteiger partial charge on any atom is -0.481 e. The number of carboxylic acid groups (broad SMARTS) is 1. The maximum atomic E-state index is 10.4. The lowest BCUT2D eigenvalue weighted by Gasteiger charge is -2.12. The fraction of sp³-hybridized carbons (Fsp3) is 0.759. The van der Waals surface area contributed by atoms with Gasteiger partial charge in [-0.25, -0.2) is 0 Å². The molecule has 0 bridgehead atoms. The van der Waals surface area contributed by atoms with E-state index in [1.807, 2.05) is 6.07 Å². The van der Waals surface area contributed by atoms with Gasteiger partial charge in [0.25, 0.3) is 0 Å². The van der Waals surface area contributed by atoms with E-state index in [0.29, 0.717) is 12.5 Å². The molecule has 0 aliphatic carbocycles. The van der Waals surface area contributed by atoms with E-state index >= 15 is 0 Å². The molecule has 0 saturated heterocycles. The van der Waals surface area contributed by atoms with E-state index in [1.165, 1.54) is 82.6 Å². The molecule has 2 N–H and O–H groups in total. The molecule has 2 atom stereocenters. The van der Waals surface area contributed by atoms with Crippen LogP contribution in [-0.4, -0.2) is 28.4 Å². The lowest BCUT2D eigenvalue weighted by molar-refractivity contribution is -0.139. The Labute approximate surface area is 204 Å². The Morgan fingerprint density at radius 1 is 0.788 bits per heavy atom. The number of aliphatic hydroxyl groups is 1. The van der Waals surface area contributed by atoms with Crippen molar-refractivity contribution in [3.05, 3.63) is 35.9 Å². The summed E-state index contributed by atoms with van der Waals surface area (Å²) < 4.78 is 5.73. The standard InChI is InChI=1S/C16H32O3.C13H20O/c1-2-3-4-5-6-7-8-9-10-11-12-13-15(17)14-16(18)19;1-3-4-8-12(2)14-11-13-9-6-5-7-10-13/h15,17H,2-14H2,1H3,(H,18,19);5-7,9-10,12H,3-4,8,11H2,1-2H3. The smallest absolute Gasteiger partial charge is 0.305 e. The summed E-state index contributed by atoms with van der Waals surface area (Å²) in [5.74, 6) is -0.907. The van der Waals surface area contributed by atoms with Crippen LogP contribution >= 0.6 is 0 Å². The topological polar surface area (TPSA) is 66.8 Å². The maximum Gasteiger partial charge on any atom is 0.305 e. The van der Waals surface area contributed by atoms with Crippen LogP contribution < -0.4 is 0 Å². The molecule has 4 nitrogen and oxygen atoms in total. The molecule has 0 heterocycles.